The maximum Gasteiger partial charge on any atom is 0.258 e. The van der Waals surface area contributed by atoms with Crippen LogP contribution in [-0.4, -0.2) is 53.8 Å². The second kappa shape index (κ2) is 3.18. The summed E-state index contributed by atoms with van der Waals surface area (Å²) in [6.45, 7) is 3.01. The van der Waals surface area contributed by atoms with Crippen LogP contribution in [0.2, 0.25) is 0 Å². The second-order valence-corrected chi connectivity index (χ2v) is 7.27. The first-order valence-electron chi connectivity index (χ1n) is 5.08. The first-order chi connectivity index (χ1) is 7.21. The summed E-state index contributed by atoms with van der Waals surface area (Å²) >= 11 is 0. The summed E-state index contributed by atoms with van der Waals surface area (Å²) in [5.41, 5.74) is -1.22. The van der Waals surface area contributed by atoms with Crippen molar-refractivity contribution in [3.05, 3.63) is 0 Å². The molecule has 0 aromatic carbocycles. The van der Waals surface area contributed by atoms with E-state index < -0.39 is 26.3 Å². The number of amides is 1. The lowest BCUT2D eigenvalue weighted by Crippen LogP contribution is -2.69. The van der Waals surface area contributed by atoms with Gasteiger partial charge < -0.3 is 9.84 Å². The molecule has 16 heavy (non-hydrogen) atoms. The molecule has 0 aromatic heterocycles. The zero-order valence-electron chi connectivity index (χ0n) is 9.26. The molecule has 0 radical (unpaired) electrons. The highest BCUT2D eigenvalue weighted by Crippen LogP contribution is 2.36. The number of ether oxygens (including phenoxy) is 1. The summed E-state index contributed by atoms with van der Waals surface area (Å²) in [6.07, 6.45) is 0.354. The van der Waals surface area contributed by atoms with Gasteiger partial charge in [0.15, 0.2) is 4.75 Å². The number of aliphatic hydroxyl groups is 1. The van der Waals surface area contributed by atoms with Crippen molar-refractivity contribution in [2.75, 3.05) is 19.8 Å². The monoisotopic (exact) mass is 249 g/mol. The Morgan fingerprint density at radius 2 is 2.12 bits per heavy atom. The van der Waals surface area contributed by atoms with Gasteiger partial charge in [0.1, 0.15) is 5.60 Å². The zero-order chi connectivity index (χ0) is 12.2. The van der Waals surface area contributed by atoms with Crippen LogP contribution in [0.1, 0.15) is 20.3 Å². The number of sulfonamides is 1. The van der Waals surface area contributed by atoms with Crippen LogP contribution in [0.5, 0.6) is 0 Å². The van der Waals surface area contributed by atoms with Crippen LogP contribution in [0.3, 0.4) is 0 Å². The van der Waals surface area contributed by atoms with Crippen LogP contribution in [0.4, 0.5) is 0 Å². The van der Waals surface area contributed by atoms with Crippen molar-refractivity contribution in [3.63, 3.8) is 0 Å². The van der Waals surface area contributed by atoms with E-state index in [4.69, 9.17) is 4.74 Å². The summed E-state index contributed by atoms with van der Waals surface area (Å²) in [5, 5.41) is 9.96. The molecule has 2 rings (SSSR count). The van der Waals surface area contributed by atoms with Crippen LogP contribution < -0.4 is 0 Å². The Morgan fingerprint density at radius 3 is 2.56 bits per heavy atom. The summed E-state index contributed by atoms with van der Waals surface area (Å²) in [4.78, 5) is 11.6. The van der Waals surface area contributed by atoms with Gasteiger partial charge in [-0.2, -0.15) is 0 Å². The van der Waals surface area contributed by atoms with Gasteiger partial charge >= 0.3 is 0 Å². The van der Waals surface area contributed by atoms with Crippen molar-refractivity contribution in [2.24, 2.45) is 0 Å². The van der Waals surface area contributed by atoms with Crippen molar-refractivity contribution in [1.82, 2.24) is 4.31 Å². The summed E-state index contributed by atoms with van der Waals surface area (Å²) < 4.78 is 27.9. The molecule has 2 aliphatic heterocycles. The van der Waals surface area contributed by atoms with Crippen molar-refractivity contribution in [2.45, 2.75) is 30.6 Å². The fourth-order valence-electron chi connectivity index (χ4n) is 1.90. The maximum atomic E-state index is 11.8. The number of nitrogens with zero attached hydrogens (tertiary/aromatic N) is 1. The third kappa shape index (κ3) is 1.38. The molecule has 0 aliphatic carbocycles. The standard InChI is InChI=1S/C9H15NO5S/c1-8(2)7(11)10(16(8,13)14)5-9(12)3-4-15-6-9/h12H,3-6H2,1-2H3. The van der Waals surface area contributed by atoms with Crippen LogP contribution >= 0.6 is 0 Å². The number of carbonyl (C=O) groups is 1. The molecule has 2 fully saturated rings. The highest BCUT2D eigenvalue weighted by atomic mass is 32.2. The fourth-order valence-corrected chi connectivity index (χ4v) is 3.51. The Balaban J connectivity index is 2.17. The van der Waals surface area contributed by atoms with E-state index in [0.29, 0.717) is 13.0 Å². The summed E-state index contributed by atoms with van der Waals surface area (Å²) in [5.74, 6) is -0.465. The second-order valence-electron chi connectivity index (χ2n) is 4.85. The quantitative estimate of drug-likeness (QED) is 0.685. The van der Waals surface area contributed by atoms with Gasteiger partial charge in [-0.1, -0.05) is 0 Å². The number of carbonyl (C=O) groups excluding carboxylic acids is 1. The number of β-amino-alcohol motifs (C(OH)–C–C–N with tert-alkyl or cyclic N) is 1. The number of rotatable bonds is 2. The molecule has 2 saturated heterocycles. The number of hydrogen-bond acceptors (Lipinski definition) is 5. The minimum absolute atomic E-state index is 0.0761. The zero-order valence-corrected chi connectivity index (χ0v) is 10.1. The average molecular weight is 249 g/mol. The van der Waals surface area contributed by atoms with Gasteiger partial charge in [-0.3, -0.25) is 4.79 Å². The first-order valence-corrected chi connectivity index (χ1v) is 6.52. The van der Waals surface area contributed by atoms with E-state index in [0.717, 1.165) is 4.31 Å². The molecule has 1 N–H and O–H groups in total. The van der Waals surface area contributed by atoms with Gasteiger partial charge in [0.2, 0.25) is 0 Å². The van der Waals surface area contributed by atoms with Gasteiger partial charge in [0.05, 0.1) is 13.2 Å². The lowest BCUT2D eigenvalue weighted by atomic mass is 10.0. The lowest BCUT2D eigenvalue weighted by molar-refractivity contribution is -0.135. The van der Waals surface area contributed by atoms with Crippen LogP contribution in [0, 0.1) is 0 Å². The molecular weight excluding hydrogens is 234 g/mol. The Hall–Kier alpha value is -0.660. The van der Waals surface area contributed by atoms with Gasteiger partial charge in [0.25, 0.3) is 15.9 Å². The highest BCUT2D eigenvalue weighted by molar-refractivity contribution is 7.94. The largest absolute Gasteiger partial charge is 0.385 e. The SMILES string of the molecule is CC1(C)C(=O)N(CC2(O)CCOC2)S1(=O)=O. The van der Waals surface area contributed by atoms with Crippen molar-refractivity contribution in [1.29, 1.82) is 0 Å². The molecule has 92 valence electrons. The number of hydrogen-bond donors (Lipinski definition) is 1. The Kier molecular flexibility index (Phi) is 2.35. The van der Waals surface area contributed by atoms with Crippen LogP contribution in [0.25, 0.3) is 0 Å². The van der Waals surface area contributed by atoms with E-state index in [2.05, 4.69) is 0 Å². The lowest BCUT2D eigenvalue weighted by Gasteiger charge is -2.45. The van der Waals surface area contributed by atoms with Crippen LogP contribution in [-0.2, 0) is 19.6 Å². The van der Waals surface area contributed by atoms with Crippen LogP contribution in [0.15, 0.2) is 0 Å². The highest BCUT2D eigenvalue weighted by Gasteiger charge is 2.61. The van der Waals surface area contributed by atoms with E-state index in [1.165, 1.54) is 13.8 Å². The molecule has 2 heterocycles. The topological polar surface area (TPSA) is 83.9 Å². The molecular formula is C9H15NO5S. The van der Waals surface area contributed by atoms with Gasteiger partial charge in [-0.25, -0.2) is 12.7 Å². The Bertz CT molecular complexity index is 421. The molecule has 1 amide bonds. The average Bonchev–Trinajstić information content (AvgIpc) is 2.60. The Labute approximate surface area is 94.2 Å². The smallest absolute Gasteiger partial charge is 0.258 e. The molecule has 0 aromatic rings. The molecule has 0 bridgehead atoms. The molecule has 0 saturated carbocycles. The molecule has 0 spiro atoms. The normalized spacial score (nSPS) is 36.2. The third-order valence-electron chi connectivity index (χ3n) is 3.20. The first kappa shape index (κ1) is 11.8. The molecule has 7 heteroatoms. The maximum absolute atomic E-state index is 11.8. The Morgan fingerprint density at radius 1 is 1.50 bits per heavy atom. The van der Waals surface area contributed by atoms with E-state index in [1.807, 2.05) is 0 Å². The van der Waals surface area contributed by atoms with Crippen molar-refractivity contribution < 1.29 is 23.1 Å². The van der Waals surface area contributed by atoms with Crippen molar-refractivity contribution in [3.8, 4) is 0 Å². The van der Waals surface area contributed by atoms with Gasteiger partial charge in [0, 0.05) is 13.0 Å². The molecule has 1 unspecified atom stereocenters. The van der Waals surface area contributed by atoms with Crippen molar-refractivity contribution >= 4 is 15.9 Å². The fraction of sp³-hybridized carbons (Fsp3) is 0.889. The van der Waals surface area contributed by atoms with E-state index in [9.17, 15) is 18.3 Å². The van der Waals surface area contributed by atoms with E-state index in [1.54, 1.807) is 0 Å². The molecule has 6 nitrogen and oxygen atoms in total. The van der Waals surface area contributed by atoms with Gasteiger partial charge in [-0.15, -0.1) is 0 Å². The van der Waals surface area contributed by atoms with E-state index in [-0.39, 0.29) is 13.2 Å². The molecule has 1 atom stereocenters. The third-order valence-corrected chi connectivity index (χ3v) is 5.54. The summed E-state index contributed by atoms with van der Waals surface area (Å²) in [7, 11) is -3.61. The minimum atomic E-state index is -3.61. The predicted molar refractivity (Wildman–Crippen MR) is 55.1 cm³/mol. The minimum Gasteiger partial charge on any atom is -0.385 e. The molecule has 2 aliphatic rings. The predicted octanol–water partition coefficient (Wildman–Crippen LogP) is -0.912. The van der Waals surface area contributed by atoms with Gasteiger partial charge in [-0.05, 0) is 13.8 Å². The summed E-state index contributed by atoms with van der Waals surface area (Å²) in [6, 6.07) is 0. The van der Waals surface area contributed by atoms with E-state index >= 15 is 0 Å².